The second-order valence-corrected chi connectivity index (χ2v) is 5.93. The fourth-order valence-electron chi connectivity index (χ4n) is 2.04. The Balaban J connectivity index is 2.54. The predicted molar refractivity (Wildman–Crippen MR) is 78.1 cm³/mol. The van der Waals surface area contributed by atoms with E-state index in [4.69, 9.17) is 6.42 Å². The van der Waals surface area contributed by atoms with E-state index in [1.54, 1.807) is 6.07 Å². The quantitative estimate of drug-likeness (QED) is 0.795. The number of benzene rings is 1. The summed E-state index contributed by atoms with van der Waals surface area (Å²) in [6, 6.07) is 3.18. The van der Waals surface area contributed by atoms with Crippen LogP contribution in [0.1, 0.15) is 16.8 Å². The number of anilines is 1. The molecule has 1 atom stereocenters. The highest BCUT2D eigenvalue weighted by Gasteiger charge is 2.33. The van der Waals surface area contributed by atoms with Gasteiger partial charge in [0.25, 0.3) is 0 Å². The van der Waals surface area contributed by atoms with Gasteiger partial charge in [-0.15, -0.1) is 12.3 Å². The Morgan fingerprint density at radius 2 is 2.16 bits per heavy atom. The van der Waals surface area contributed by atoms with Crippen LogP contribution in [0.15, 0.2) is 21.1 Å². The molecule has 4 nitrogen and oxygen atoms in total. The molecule has 0 aromatic heterocycles. The average molecular weight is 387 g/mol. The zero-order chi connectivity index (χ0) is 14.2. The normalized spacial score (nSPS) is 18.5. The highest BCUT2D eigenvalue weighted by molar-refractivity contribution is 9.11. The van der Waals surface area contributed by atoms with E-state index in [2.05, 4.69) is 37.8 Å². The summed E-state index contributed by atoms with van der Waals surface area (Å²) in [5.74, 6) is 1.12. The summed E-state index contributed by atoms with van der Waals surface area (Å²) in [6.45, 7) is 0.343. The second kappa shape index (κ2) is 5.35. The van der Waals surface area contributed by atoms with Gasteiger partial charge in [0.1, 0.15) is 0 Å². The maximum absolute atomic E-state index is 12.0. The summed E-state index contributed by atoms with van der Waals surface area (Å²) in [4.78, 5) is 24.7. The van der Waals surface area contributed by atoms with Crippen LogP contribution in [0.25, 0.3) is 0 Å². The van der Waals surface area contributed by atoms with Crippen LogP contribution in [0, 0.1) is 18.3 Å². The van der Waals surface area contributed by atoms with E-state index < -0.39 is 5.97 Å². The van der Waals surface area contributed by atoms with E-state index in [1.165, 1.54) is 11.0 Å². The van der Waals surface area contributed by atoms with Gasteiger partial charge in [0.05, 0.1) is 11.3 Å². The highest BCUT2D eigenvalue weighted by Crippen LogP contribution is 2.37. The Morgan fingerprint density at radius 1 is 1.47 bits per heavy atom. The van der Waals surface area contributed by atoms with Crippen molar-refractivity contribution in [2.75, 3.05) is 11.4 Å². The van der Waals surface area contributed by atoms with Crippen LogP contribution in [0.3, 0.4) is 0 Å². The third-order valence-electron chi connectivity index (χ3n) is 2.89. The fourth-order valence-corrected chi connectivity index (χ4v) is 3.48. The van der Waals surface area contributed by atoms with Gasteiger partial charge in [-0.25, -0.2) is 4.79 Å². The molecule has 1 heterocycles. The monoisotopic (exact) mass is 385 g/mol. The van der Waals surface area contributed by atoms with Gasteiger partial charge in [0.15, 0.2) is 0 Å². The smallest absolute Gasteiger partial charge is 0.337 e. The number of carboxylic acids is 1. The first-order chi connectivity index (χ1) is 8.93. The van der Waals surface area contributed by atoms with Gasteiger partial charge in [-0.3, -0.25) is 4.79 Å². The summed E-state index contributed by atoms with van der Waals surface area (Å²) < 4.78 is 1.17. The number of nitrogens with zero attached hydrogens (tertiary/aromatic N) is 1. The summed E-state index contributed by atoms with van der Waals surface area (Å²) in [5, 5.41) is 9.26. The van der Waals surface area contributed by atoms with Gasteiger partial charge in [-0.2, -0.15) is 0 Å². The number of hydrogen-bond acceptors (Lipinski definition) is 2. The molecule has 1 saturated heterocycles. The number of carbonyl (C=O) groups excluding carboxylic acids is 1. The fraction of sp³-hybridized carbons (Fsp3) is 0.231. The van der Waals surface area contributed by atoms with Gasteiger partial charge in [-0.05, 0) is 28.1 Å². The Morgan fingerprint density at radius 3 is 2.68 bits per heavy atom. The summed E-state index contributed by atoms with van der Waals surface area (Å²) in [7, 11) is 0. The van der Waals surface area contributed by atoms with Gasteiger partial charge in [0.2, 0.25) is 5.91 Å². The van der Waals surface area contributed by atoms with E-state index in [9.17, 15) is 14.7 Å². The molecule has 1 aliphatic rings. The topological polar surface area (TPSA) is 57.6 Å². The van der Waals surface area contributed by atoms with Crippen molar-refractivity contribution in [3.63, 3.8) is 0 Å². The minimum atomic E-state index is -1.09. The third-order valence-corrected chi connectivity index (χ3v) is 3.95. The van der Waals surface area contributed by atoms with Gasteiger partial charge < -0.3 is 10.0 Å². The number of amides is 1. The van der Waals surface area contributed by atoms with Crippen LogP contribution in [0.5, 0.6) is 0 Å². The van der Waals surface area contributed by atoms with E-state index in [1.807, 2.05) is 0 Å². The molecule has 1 fully saturated rings. The molecule has 1 unspecified atom stereocenters. The van der Waals surface area contributed by atoms with E-state index in [0.717, 1.165) is 0 Å². The Kier molecular flexibility index (Phi) is 3.97. The maximum atomic E-state index is 12.0. The zero-order valence-electron chi connectivity index (χ0n) is 9.69. The van der Waals surface area contributed by atoms with Crippen LogP contribution in [-0.2, 0) is 4.79 Å². The Hall–Kier alpha value is -1.32. The van der Waals surface area contributed by atoms with E-state index in [0.29, 0.717) is 21.2 Å². The molecule has 0 spiro atoms. The molecule has 0 radical (unpaired) electrons. The lowest BCUT2D eigenvalue weighted by atomic mass is 10.1. The average Bonchev–Trinajstić information content (AvgIpc) is 2.69. The van der Waals surface area contributed by atoms with Crippen LogP contribution >= 0.6 is 31.9 Å². The van der Waals surface area contributed by atoms with Crippen molar-refractivity contribution in [2.24, 2.45) is 5.92 Å². The molecule has 0 saturated carbocycles. The first kappa shape index (κ1) is 14.1. The number of hydrogen-bond donors (Lipinski definition) is 1. The summed E-state index contributed by atoms with van der Waals surface area (Å²) in [6.07, 6.45) is 5.58. The molecular weight excluding hydrogens is 378 g/mol. The number of terminal acetylenes is 1. The zero-order valence-corrected chi connectivity index (χ0v) is 12.9. The molecule has 98 valence electrons. The van der Waals surface area contributed by atoms with Crippen LogP contribution in [0.2, 0.25) is 0 Å². The molecule has 1 amide bonds. The van der Waals surface area contributed by atoms with Crippen molar-refractivity contribution in [3.8, 4) is 12.3 Å². The van der Waals surface area contributed by atoms with Crippen molar-refractivity contribution < 1.29 is 14.7 Å². The van der Waals surface area contributed by atoms with Gasteiger partial charge >= 0.3 is 5.97 Å². The molecule has 1 N–H and O–H groups in total. The van der Waals surface area contributed by atoms with Crippen LogP contribution < -0.4 is 4.90 Å². The molecule has 1 aromatic carbocycles. The van der Waals surface area contributed by atoms with Crippen molar-refractivity contribution in [1.29, 1.82) is 0 Å². The third kappa shape index (κ3) is 2.67. The predicted octanol–water partition coefficient (Wildman–Crippen LogP) is 2.90. The molecule has 6 heteroatoms. The summed E-state index contributed by atoms with van der Waals surface area (Å²) >= 11 is 6.54. The molecular formula is C13H9Br2NO3. The minimum absolute atomic E-state index is 0.0623. The first-order valence-electron chi connectivity index (χ1n) is 5.43. The lowest BCUT2D eigenvalue weighted by Gasteiger charge is -2.20. The standard InChI is InChI=1S/C13H9Br2NO3/c1-2-7-3-11(17)16(6-7)12-9(13(18)19)4-8(14)5-10(12)15/h1,4-5,7H,3,6H2,(H,18,19). The van der Waals surface area contributed by atoms with Crippen LogP contribution in [-0.4, -0.2) is 23.5 Å². The number of rotatable bonds is 2. The van der Waals surface area contributed by atoms with E-state index in [-0.39, 0.29) is 23.8 Å². The van der Waals surface area contributed by atoms with Crippen LogP contribution in [0.4, 0.5) is 5.69 Å². The second-order valence-electron chi connectivity index (χ2n) is 4.16. The number of carbonyl (C=O) groups is 2. The lowest BCUT2D eigenvalue weighted by Crippen LogP contribution is -2.27. The molecule has 2 rings (SSSR count). The van der Waals surface area contributed by atoms with Crippen molar-refractivity contribution in [2.45, 2.75) is 6.42 Å². The first-order valence-corrected chi connectivity index (χ1v) is 7.01. The summed E-state index contributed by atoms with van der Waals surface area (Å²) in [5.41, 5.74) is 0.422. The molecule has 1 aliphatic heterocycles. The molecule has 1 aromatic rings. The molecule has 0 bridgehead atoms. The molecule has 0 aliphatic carbocycles. The minimum Gasteiger partial charge on any atom is -0.478 e. The Bertz CT molecular complexity index is 607. The number of halogens is 2. The van der Waals surface area contributed by atoms with Crippen molar-refractivity contribution in [3.05, 3.63) is 26.6 Å². The highest BCUT2D eigenvalue weighted by atomic mass is 79.9. The largest absolute Gasteiger partial charge is 0.478 e. The maximum Gasteiger partial charge on any atom is 0.337 e. The number of aromatic carboxylic acids is 1. The van der Waals surface area contributed by atoms with Gasteiger partial charge in [0, 0.05) is 27.8 Å². The SMILES string of the molecule is C#CC1CC(=O)N(c2c(Br)cc(Br)cc2C(=O)O)C1. The number of carboxylic acid groups (broad SMARTS) is 1. The van der Waals surface area contributed by atoms with Crippen molar-refractivity contribution >= 4 is 49.4 Å². The molecule has 19 heavy (non-hydrogen) atoms. The lowest BCUT2D eigenvalue weighted by molar-refractivity contribution is -0.117. The van der Waals surface area contributed by atoms with Gasteiger partial charge in [-0.1, -0.05) is 15.9 Å². The Labute approximate surface area is 127 Å². The van der Waals surface area contributed by atoms with Crippen molar-refractivity contribution in [1.82, 2.24) is 0 Å². The van der Waals surface area contributed by atoms with E-state index >= 15 is 0 Å².